The van der Waals surface area contributed by atoms with Crippen molar-refractivity contribution in [2.24, 2.45) is 0 Å². The zero-order chi connectivity index (χ0) is 20.1. The number of ether oxygens (including phenoxy) is 1. The third kappa shape index (κ3) is 6.98. The monoisotopic (exact) mass is 388 g/mol. The van der Waals surface area contributed by atoms with Gasteiger partial charge in [0, 0.05) is 18.5 Å². The van der Waals surface area contributed by atoms with Gasteiger partial charge in [0.15, 0.2) is 5.43 Å². The maximum atomic E-state index is 11.7. The van der Waals surface area contributed by atoms with E-state index in [1.807, 2.05) is 39.1 Å². The first kappa shape index (κ1) is 22.6. The molecule has 0 saturated carbocycles. The Morgan fingerprint density at radius 1 is 1.22 bits per heavy atom. The molecule has 0 amide bonds. The lowest BCUT2D eigenvalue weighted by Crippen LogP contribution is -1.95. The first-order valence-corrected chi connectivity index (χ1v) is 10.1. The number of nitrogens with zero attached hydrogens (tertiary/aromatic N) is 1. The number of hydrogen-bond donors (Lipinski definition) is 1. The molecule has 0 unspecified atom stereocenters. The summed E-state index contributed by atoms with van der Waals surface area (Å²) >= 11 is 1.48. The minimum absolute atomic E-state index is 0.0604. The van der Waals surface area contributed by atoms with Crippen LogP contribution in [0, 0.1) is 0 Å². The summed E-state index contributed by atoms with van der Waals surface area (Å²) in [7, 11) is 0. The summed E-state index contributed by atoms with van der Waals surface area (Å²) < 4.78 is 5.15. The average Bonchev–Trinajstić information content (AvgIpc) is 3.16. The van der Waals surface area contributed by atoms with Crippen LogP contribution in [0.15, 0.2) is 41.5 Å². The van der Waals surface area contributed by atoms with E-state index in [1.165, 1.54) is 16.9 Å². The number of carbonyl (C=O) groups is 1. The molecule has 0 aliphatic rings. The highest BCUT2D eigenvalue weighted by Gasteiger charge is 2.07. The smallest absolute Gasteiger partial charge is 0.293 e. The predicted octanol–water partition coefficient (Wildman–Crippen LogP) is 5.20. The minimum atomic E-state index is 0.0604. The number of carbonyl (C=O) groups excluding carboxylic acids is 1. The lowest BCUT2D eigenvalue weighted by Gasteiger charge is -1.98. The number of unbranched alkanes of at least 4 members (excludes halogenated alkanes) is 1. The molecule has 27 heavy (non-hydrogen) atoms. The van der Waals surface area contributed by atoms with Crippen LogP contribution in [-0.2, 0) is 16.0 Å². The summed E-state index contributed by atoms with van der Waals surface area (Å²) in [6, 6.07) is 7.62. The molecular weight excluding hydrogens is 360 g/mol. The van der Waals surface area contributed by atoms with Gasteiger partial charge in [-0.1, -0.05) is 40.2 Å². The Labute approximate surface area is 164 Å². The number of aryl methyl sites for hydroxylation is 1. The highest BCUT2D eigenvalue weighted by Crippen LogP contribution is 2.29. The Hall–Kier alpha value is -2.47. The van der Waals surface area contributed by atoms with Gasteiger partial charge in [-0.3, -0.25) is 14.6 Å². The van der Waals surface area contributed by atoms with E-state index in [-0.39, 0.29) is 5.43 Å². The Bertz CT molecular complexity index is 854. The van der Waals surface area contributed by atoms with E-state index in [0.29, 0.717) is 13.1 Å². The van der Waals surface area contributed by atoms with Crippen LogP contribution >= 0.6 is 11.3 Å². The molecule has 0 atom stereocenters. The highest BCUT2D eigenvalue weighted by molar-refractivity contribution is 7.22. The van der Waals surface area contributed by atoms with E-state index in [9.17, 15) is 9.59 Å². The largest absolute Gasteiger partial charge is 0.468 e. The normalized spacial score (nSPS) is 9.63. The molecule has 3 aromatic rings. The van der Waals surface area contributed by atoms with Crippen molar-refractivity contribution >= 4 is 28.0 Å². The van der Waals surface area contributed by atoms with Crippen molar-refractivity contribution in [3.8, 4) is 10.6 Å². The SMILES string of the molecule is CC.CCCCOC=O.CCc1ccc(-c2cc3[nH]ccc(=O)c3s2)nc1. The quantitative estimate of drug-likeness (QED) is 0.465. The van der Waals surface area contributed by atoms with E-state index >= 15 is 0 Å². The molecule has 0 fully saturated rings. The molecular formula is C21H28N2O3S. The molecule has 0 aromatic carbocycles. The van der Waals surface area contributed by atoms with Crippen molar-refractivity contribution in [1.29, 1.82) is 0 Å². The second kappa shape index (κ2) is 12.8. The number of aromatic amines is 1. The van der Waals surface area contributed by atoms with Crippen molar-refractivity contribution < 1.29 is 9.53 Å². The first-order valence-electron chi connectivity index (χ1n) is 9.31. The Kier molecular flexibility index (Phi) is 10.7. The lowest BCUT2D eigenvalue weighted by molar-refractivity contribution is -0.128. The fourth-order valence-electron chi connectivity index (χ4n) is 2.15. The van der Waals surface area contributed by atoms with E-state index in [2.05, 4.69) is 27.7 Å². The van der Waals surface area contributed by atoms with Crippen LogP contribution in [0.5, 0.6) is 0 Å². The van der Waals surface area contributed by atoms with E-state index in [0.717, 1.165) is 40.1 Å². The zero-order valence-electron chi connectivity index (χ0n) is 16.5. The van der Waals surface area contributed by atoms with Gasteiger partial charge in [0.1, 0.15) is 0 Å². The Balaban J connectivity index is 0.000000346. The number of pyridine rings is 2. The standard InChI is InChI=1S/C14H12N2OS.C5H10O2.C2H6/c1-2-9-3-4-10(16-8-9)13-7-11-14(18-13)12(17)5-6-15-11;1-2-3-4-7-5-6;1-2/h3-8H,2H2,1H3,(H,15,17);5H,2-4H2,1H3;1-2H3. The Morgan fingerprint density at radius 3 is 2.56 bits per heavy atom. The molecule has 0 spiro atoms. The van der Waals surface area contributed by atoms with Crippen molar-refractivity contribution in [2.45, 2.75) is 47.0 Å². The predicted molar refractivity (Wildman–Crippen MR) is 113 cm³/mol. The summed E-state index contributed by atoms with van der Waals surface area (Å²) in [6.07, 6.45) is 6.60. The summed E-state index contributed by atoms with van der Waals surface area (Å²) in [6.45, 7) is 9.21. The number of fused-ring (bicyclic) bond motifs is 1. The first-order chi connectivity index (χ1) is 13.2. The molecule has 3 heterocycles. The summed E-state index contributed by atoms with van der Waals surface area (Å²) in [5.74, 6) is 0. The molecule has 6 heteroatoms. The molecule has 5 nitrogen and oxygen atoms in total. The summed E-state index contributed by atoms with van der Waals surface area (Å²) in [5, 5.41) is 0. The maximum absolute atomic E-state index is 11.7. The van der Waals surface area contributed by atoms with Crippen LogP contribution in [0.1, 0.15) is 46.1 Å². The number of hydrogen-bond acceptors (Lipinski definition) is 5. The molecule has 3 aromatic heterocycles. The molecule has 1 N–H and O–H groups in total. The number of nitrogens with one attached hydrogen (secondary N) is 1. The van der Waals surface area contributed by atoms with Gasteiger partial charge in [0.25, 0.3) is 6.47 Å². The maximum Gasteiger partial charge on any atom is 0.293 e. The van der Waals surface area contributed by atoms with E-state index in [4.69, 9.17) is 0 Å². The van der Waals surface area contributed by atoms with Gasteiger partial charge >= 0.3 is 0 Å². The van der Waals surface area contributed by atoms with Crippen molar-refractivity contribution in [1.82, 2.24) is 9.97 Å². The van der Waals surface area contributed by atoms with Crippen LogP contribution in [0.25, 0.3) is 20.8 Å². The van der Waals surface area contributed by atoms with Crippen LogP contribution < -0.4 is 5.43 Å². The van der Waals surface area contributed by atoms with Gasteiger partial charge in [-0.2, -0.15) is 0 Å². The number of aromatic nitrogens is 2. The van der Waals surface area contributed by atoms with Crippen LogP contribution in [-0.4, -0.2) is 23.0 Å². The second-order valence-corrected chi connectivity index (χ2v) is 6.47. The van der Waals surface area contributed by atoms with Crippen LogP contribution in [0.3, 0.4) is 0 Å². The van der Waals surface area contributed by atoms with Crippen molar-refractivity contribution in [2.75, 3.05) is 6.61 Å². The van der Waals surface area contributed by atoms with Gasteiger partial charge in [0.2, 0.25) is 0 Å². The minimum Gasteiger partial charge on any atom is -0.468 e. The molecule has 0 aliphatic carbocycles. The van der Waals surface area contributed by atoms with Gasteiger partial charge < -0.3 is 9.72 Å². The lowest BCUT2D eigenvalue weighted by atomic mass is 10.2. The number of rotatable bonds is 6. The molecule has 0 saturated heterocycles. The van der Waals surface area contributed by atoms with E-state index in [1.54, 1.807) is 12.3 Å². The third-order valence-electron chi connectivity index (χ3n) is 3.60. The number of H-pyrrole nitrogens is 1. The summed E-state index contributed by atoms with van der Waals surface area (Å²) in [5.41, 5.74) is 3.08. The topological polar surface area (TPSA) is 72.1 Å². The van der Waals surface area contributed by atoms with E-state index < -0.39 is 0 Å². The van der Waals surface area contributed by atoms with Crippen LogP contribution in [0.4, 0.5) is 0 Å². The average molecular weight is 389 g/mol. The molecule has 146 valence electrons. The van der Waals surface area contributed by atoms with Crippen molar-refractivity contribution in [3.05, 3.63) is 52.4 Å². The highest BCUT2D eigenvalue weighted by atomic mass is 32.1. The van der Waals surface area contributed by atoms with Gasteiger partial charge in [-0.05, 0) is 30.5 Å². The fraction of sp³-hybridized carbons (Fsp3) is 0.381. The van der Waals surface area contributed by atoms with Gasteiger partial charge in [-0.25, -0.2) is 0 Å². The zero-order valence-corrected chi connectivity index (χ0v) is 17.3. The molecule has 0 radical (unpaired) electrons. The third-order valence-corrected chi connectivity index (χ3v) is 4.77. The van der Waals surface area contributed by atoms with Gasteiger partial charge in [0.05, 0.1) is 27.4 Å². The van der Waals surface area contributed by atoms with Gasteiger partial charge in [-0.15, -0.1) is 11.3 Å². The second-order valence-electron chi connectivity index (χ2n) is 5.42. The molecule has 0 bridgehead atoms. The fourth-order valence-corrected chi connectivity index (χ4v) is 3.16. The Morgan fingerprint density at radius 2 is 2.00 bits per heavy atom. The van der Waals surface area contributed by atoms with Crippen LogP contribution in [0.2, 0.25) is 0 Å². The van der Waals surface area contributed by atoms with Crippen molar-refractivity contribution in [3.63, 3.8) is 0 Å². The molecule has 3 rings (SSSR count). The molecule has 0 aliphatic heterocycles. The summed E-state index contributed by atoms with van der Waals surface area (Å²) in [4.78, 5) is 29.7. The number of thiophene rings is 1.